The summed E-state index contributed by atoms with van der Waals surface area (Å²) < 4.78 is 15.0. The molecule has 6 heteroatoms. The molecule has 1 aliphatic heterocycles. The van der Waals surface area contributed by atoms with Crippen molar-refractivity contribution in [3.05, 3.63) is 77.5 Å². The SMILES string of the molecule is CCc1cc(N2CCc3ccccc3C2C)nc(N(F)c2ccccc2)n1.Cl. The Morgan fingerprint density at radius 1 is 1.07 bits per heavy atom. The third kappa shape index (κ3) is 3.80. The number of aromatic nitrogens is 2. The first-order chi connectivity index (χ1) is 13.2. The summed E-state index contributed by atoms with van der Waals surface area (Å²) in [5.41, 5.74) is 3.94. The molecule has 0 N–H and O–H groups in total. The lowest BCUT2D eigenvalue weighted by Crippen LogP contribution is -2.34. The second-order valence-electron chi connectivity index (χ2n) is 6.81. The number of nitrogens with zero attached hydrogens (tertiary/aromatic N) is 4. The van der Waals surface area contributed by atoms with Crippen LogP contribution in [0, 0.1) is 0 Å². The standard InChI is InChI=1S/C22H23FN4.ClH/c1-3-18-15-21(25-22(24-18)27(23)19-10-5-4-6-11-19)26-14-13-17-9-7-8-12-20(17)16(26)2;/h4-12,15-16H,3,13-14H2,1-2H3;1H. The minimum Gasteiger partial charge on any atom is -0.349 e. The van der Waals surface area contributed by atoms with Crippen molar-refractivity contribution in [2.75, 3.05) is 16.6 Å². The Balaban J connectivity index is 0.00000225. The smallest absolute Gasteiger partial charge is 0.261 e. The van der Waals surface area contributed by atoms with E-state index < -0.39 is 0 Å². The number of benzene rings is 2. The summed E-state index contributed by atoms with van der Waals surface area (Å²) in [6.45, 7) is 5.06. The molecule has 0 radical (unpaired) electrons. The Kier molecular flexibility index (Phi) is 6.15. The number of aryl methyl sites for hydroxylation is 1. The van der Waals surface area contributed by atoms with Gasteiger partial charge < -0.3 is 4.90 Å². The van der Waals surface area contributed by atoms with Crippen LogP contribution in [-0.2, 0) is 12.8 Å². The van der Waals surface area contributed by atoms with Crippen molar-refractivity contribution in [2.24, 2.45) is 0 Å². The molecule has 146 valence electrons. The zero-order chi connectivity index (χ0) is 18.8. The molecule has 0 saturated heterocycles. The van der Waals surface area contributed by atoms with E-state index in [1.54, 1.807) is 24.3 Å². The highest BCUT2D eigenvalue weighted by atomic mass is 35.5. The van der Waals surface area contributed by atoms with Crippen LogP contribution in [0.3, 0.4) is 0 Å². The van der Waals surface area contributed by atoms with Crippen molar-refractivity contribution >= 4 is 29.9 Å². The summed E-state index contributed by atoms with van der Waals surface area (Å²) in [6, 6.07) is 19.6. The van der Waals surface area contributed by atoms with Crippen LogP contribution < -0.4 is 10.0 Å². The van der Waals surface area contributed by atoms with E-state index in [2.05, 4.69) is 46.1 Å². The van der Waals surface area contributed by atoms with E-state index in [1.807, 2.05) is 19.1 Å². The van der Waals surface area contributed by atoms with Gasteiger partial charge in [-0.25, -0.2) is 4.98 Å². The molecule has 2 aromatic carbocycles. The third-order valence-electron chi connectivity index (χ3n) is 5.16. The van der Waals surface area contributed by atoms with Gasteiger partial charge in [0, 0.05) is 18.3 Å². The first kappa shape index (κ1) is 20.1. The van der Waals surface area contributed by atoms with Crippen LogP contribution in [-0.4, -0.2) is 16.5 Å². The largest absolute Gasteiger partial charge is 0.349 e. The zero-order valence-electron chi connectivity index (χ0n) is 16.0. The van der Waals surface area contributed by atoms with Gasteiger partial charge in [-0.3, -0.25) is 0 Å². The van der Waals surface area contributed by atoms with Crippen LogP contribution >= 0.6 is 12.4 Å². The van der Waals surface area contributed by atoms with Crippen LogP contribution in [0.2, 0.25) is 0 Å². The predicted octanol–water partition coefficient (Wildman–Crippen LogP) is 5.61. The van der Waals surface area contributed by atoms with Gasteiger partial charge in [0.05, 0.1) is 11.7 Å². The van der Waals surface area contributed by atoms with Gasteiger partial charge in [0.25, 0.3) is 5.95 Å². The molecule has 0 bridgehead atoms. The number of anilines is 3. The van der Waals surface area contributed by atoms with Crippen molar-refractivity contribution in [3.8, 4) is 0 Å². The van der Waals surface area contributed by atoms with Crippen molar-refractivity contribution in [1.82, 2.24) is 9.97 Å². The van der Waals surface area contributed by atoms with E-state index in [9.17, 15) is 4.48 Å². The minimum atomic E-state index is 0. The van der Waals surface area contributed by atoms with Crippen molar-refractivity contribution < 1.29 is 4.48 Å². The molecule has 1 unspecified atom stereocenters. The lowest BCUT2D eigenvalue weighted by molar-refractivity contribution is 0.490. The molecule has 0 amide bonds. The fourth-order valence-electron chi connectivity index (χ4n) is 3.64. The highest BCUT2D eigenvalue weighted by Gasteiger charge is 2.26. The van der Waals surface area contributed by atoms with Gasteiger partial charge in [0.1, 0.15) is 5.82 Å². The Morgan fingerprint density at radius 3 is 2.54 bits per heavy atom. The summed E-state index contributed by atoms with van der Waals surface area (Å²) in [6.07, 6.45) is 1.68. The number of para-hydroxylation sites is 1. The average molecular weight is 399 g/mol. The lowest BCUT2D eigenvalue weighted by atomic mass is 9.93. The maximum Gasteiger partial charge on any atom is 0.261 e. The van der Waals surface area contributed by atoms with E-state index in [4.69, 9.17) is 0 Å². The average Bonchev–Trinajstić information content (AvgIpc) is 2.74. The number of fused-ring (bicyclic) bond motifs is 1. The Labute approximate surface area is 171 Å². The van der Waals surface area contributed by atoms with Gasteiger partial charge in [0.15, 0.2) is 0 Å². The molecule has 4 nitrogen and oxygen atoms in total. The van der Waals surface area contributed by atoms with Crippen LogP contribution in [0.1, 0.15) is 36.7 Å². The fourth-order valence-corrected chi connectivity index (χ4v) is 3.64. The number of rotatable bonds is 4. The molecular formula is C22H24ClFN4. The summed E-state index contributed by atoms with van der Waals surface area (Å²) in [5, 5.41) is 0.561. The van der Waals surface area contributed by atoms with Gasteiger partial charge in [-0.05, 0) is 43.0 Å². The van der Waals surface area contributed by atoms with Crippen molar-refractivity contribution in [2.45, 2.75) is 32.7 Å². The normalized spacial score (nSPS) is 15.5. The summed E-state index contributed by atoms with van der Waals surface area (Å²) in [7, 11) is 0. The minimum absolute atomic E-state index is 0. The fraction of sp³-hybridized carbons (Fsp3) is 0.273. The topological polar surface area (TPSA) is 32.3 Å². The molecular weight excluding hydrogens is 375 g/mol. The van der Waals surface area contributed by atoms with Crippen LogP contribution in [0.5, 0.6) is 0 Å². The van der Waals surface area contributed by atoms with E-state index >= 15 is 0 Å². The third-order valence-corrected chi connectivity index (χ3v) is 5.16. The van der Waals surface area contributed by atoms with E-state index in [-0.39, 0.29) is 24.4 Å². The second kappa shape index (κ2) is 8.57. The van der Waals surface area contributed by atoms with Crippen LogP contribution in [0.4, 0.5) is 21.9 Å². The molecule has 0 aliphatic carbocycles. The summed E-state index contributed by atoms with van der Waals surface area (Å²) in [5.74, 6) is 0.860. The molecule has 28 heavy (non-hydrogen) atoms. The number of halogens is 2. The highest BCUT2D eigenvalue weighted by molar-refractivity contribution is 5.85. The van der Waals surface area contributed by atoms with Gasteiger partial charge in [-0.15, -0.1) is 17.5 Å². The maximum absolute atomic E-state index is 15.0. The highest BCUT2D eigenvalue weighted by Crippen LogP contribution is 2.34. The van der Waals surface area contributed by atoms with Crippen LogP contribution in [0.25, 0.3) is 0 Å². The Morgan fingerprint density at radius 2 is 1.79 bits per heavy atom. The number of hydrogen-bond acceptors (Lipinski definition) is 4. The summed E-state index contributed by atoms with van der Waals surface area (Å²) >= 11 is 0. The van der Waals surface area contributed by atoms with Crippen LogP contribution in [0.15, 0.2) is 60.7 Å². The molecule has 0 spiro atoms. The zero-order valence-corrected chi connectivity index (χ0v) is 16.9. The molecule has 4 rings (SSSR count). The quantitative estimate of drug-likeness (QED) is 0.535. The molecule has 3 aromatic rings. The first-order valence-corrected chi connectivity index (χ1v) is 9.40. The van der Waals surface area contributed by atoms with E-state index in [1.165, 1.54) is 11.1 Å². The number of hydrogen-bond donors (Lipinski definition) is 0. The molecule has 2 heterocycles. The van der Waals surface area contributed by atoms with Gasteiger partial charge in [0.2, 0.25) is 0 Å². The van der Waals surface area contributed by atoms with Gasteiger partial charge in [-0.2, -0.15) is 4.98 Å². The Hall–Kier alpha value is -2.66. The van der Waals surface area contributed by atoms with Crippen molar-refractivity contribution in [1.29, 1.82) is 0 Å². The predicted molar refractivity (Wildman–Crippen MR) is 114 cm³/mol. The first-order valence-electron chi connectivity index (χ1n) is 9.40. The maximum atomic E-state index is 15.0. The molecule has 0 saturated carbocycles. The summed E-state index contributed by atoms with van der Waals surface area (Å²) in [4.78, 5) is 11.2. The van der Waals surface area contributed by atoms with Gasteiger partial charge in [-0.1, -0.05) is 53.9 Å². The van der Waals surface area contributed by atoms with E-state index in [0.29, 0.717) is 10.8 Å². The van der Waals surface area contributed by atoms with E-state index in [0.717, 1.165) is 30.9 Å². The second-order valence-corrected chi connectivity index (χ2v) is 6.81. The monoisotopic (exact) mass is 398 g/mol. The lowest BCUT2D eigenvalue weighted by Gasteiger charge is -2.36. The molecule has 1 aromatic heterocycles. The van der Waals surface area contributed by atoms with Crippen molar-refractivity contribution in [3.63, 3.8) is 0 Å². The molecule has 1 atom stereocenters. The molecule has 0 fully saturated rings. The van der Waals surface area contributed by atoms with Gasteiger partial charge >= 0.3 is 0 Å². The molecule has 1 aliphatic rings. The Bertz CT molecular complexity index is 935.